The highest BCUT2D eigenvalue weighted by Crippen LogP contribution is 2.32. The van der Waals surface area contributed by atoms with Crippen LogP contribution in [0, 0.1) is 0 Å². The number of hydrogen-bond acceptors (Lipinski definition) is 3. The molecule has 1 aromatic carbocycles. The summed E-state index contributed by atoms with van der Waals surface area (Å²) in [5, 5.41) is 13.5. The summed E-state index contributed by atoms with van der Waals surface area (Å²) in [6, 6.07) is 5.07. The molecular weight excluding hydrogens is 256 g/mol. The van der Waals surface area contributed by atoms with E-state index < -0.39 is 5.97 Å². The van der Waals surface area contributed by atoms with Crippen LogP contribution in [-0.2, 0) is 7.05 Å². The van der Waals surface area contributed by atoms with Crippen LogP contribution in [0.4, 0.5) is 0 Å². The fraction of sp³-hybridized carbons (Fsp3) is 0.167. The number of ether oxygens (including phenoxy) is 1. The first-order valence-corrected chi connectivity index (χ1v) is 5.51. The minimum Gasteiger partial charge on any atom is -0.497 e. The van der Waals surface area contributed by atoms with Gasteiger partial charge in [-0.1, -0.05) is 11.6 Å². The van der Waals surface area contributed by atoms with Crippen LogP contribution in [0.25, 0.3) is 11.3 Å². The van der Waals surface area contributed by atoms with Gasteiger partial charge in [-0.25, -0.2) is 4.79 Å². The van der Waals surface area contributed by atoms with E-state index >= 15 is 0 Å². The number of aromatic nitrogens is 2. The number of benzene rings is 1. The first-order valence-electron chi connectivity index (χ1n) is 5.13. The van der Waals surface area contributed by atoms with E-state index in [1.54, 1.807) is 25.2 Å². The summed E-state index contributed by atoms with van der Waals surface area (Å²) in [6.07, 6.45) is 1.30. The molecule has 0 saturated carbocycles. The molecule has 0 aliphatic carbocycles. The number of carbonyl (C=O) groups is 1. The Bertz CT molecular complexity index is 607. The average molecular weight is 267 g/mol. The highest BCUT2D eigenvalue weighted by molar-refractivity contribution is 6.33. The van der Waals surface area contributed by atoms with Crippen molar-refractivity contribution in [3.63, 3.8) is 0 Å². The Morgan fingerprint density at radius 2 is 2.22 bits per heavy atom. The van der Waals surface area contributed by atoms with Crippen LogP contribution in [-0.4, -0.2) is 28.0 Å². The summed E-state index contributed by atoms with van der Waals surface area (Å²) in [5.74, 6) is -0.423. The first kappa shape index (κ1) is 12.4. The van der Waals surface area contributed by atoms with E-state index in [2.05, 4.69) is 5.10 Å². The van der Waals surface area contributed by atoms with E-state index in [0.717, 1.165) is 0 Å². The van der Waals surface area contributed by atoms with Gasteiger partial charge in [-0.05, 0) is 18.2 Å². The molecule has 0 aliphatic heterocycles. The van der Waals surface area contributed by atoms with Crippen LogP contribution < -0.4 is 4.74 Å². The summed E-state index contributed by atoms with van der Waals surface area (Å²) >= 11 is 6.13. The second-order valence-corrected chi connectivity index (χ2v) is 4.09. The lowest BCUT2D eigenvalue weighted by Crippen LogP contribution is -2.01. The monoisotopic (exact) mass is 266 g/mol. The molecule has 0 fully saturated rings. The minimum absolute atomic E-state index is 0.115. The molecule has 1 heterocycles. The predicted molar refractivity (Wildman–Crippen MR) is 67.2 cm³/mol. The zero-order valence-corrected chi connectivity index (χ0v) is 10.6. The lowest BCUT2D eigenvalue weighted by Gasteiger charge is -2.08. The van der Waals surface area contributed by atoms with E-state index in [1.807, 2.05) is 0 Å². The average Bonchev–Trinajstić information content (AvgIpc) is 2.71. The topological polar surface area (TPSA) is 64.3 Å². The van der Waals surface area contributed by atoms with Crippen molar-refractivity contribution in [1.29, 1.82) is 0 Å². The SMILES string of the molecule is COc1ccc(-c2c(C(=O)O)cnn2C)c(Cl)c1. The summed E-state index contributed by atoms with van der Waals surface area (Å²) in [7, 11) is 3.21. The third-order valence-corrected chi connectivity index (χ3v) is 2.91. The molecule has 0 bridgehead atoms. The Balaban J connectivity index is 2.62. The number of methoxy groups -OCH3 is 1. The van der Waals surface area contributed by atoms with Crippen LogP contribution in [0.2, 0.25) is 5.02 Å². The van der Waals surface area contributed by atoms with Gasteiger partial charge in [0, 0.05) is 12.6 Å². The van der Waals surface area contributed by atoms with Gasteiger partial charge >= 0.3 is 5.97 Å². The van der Waals surface area contributed by atoms with Crippen molar-refractivity contribution in [1.82, 2.24) is 9.78 Å². The van der Waals surface area contributed by atoms with E-state index in [-0.39, 0.29) is 5.56 Å². The number of aryl methyl sites for hydroxylation is 1. The molecule has 94 valence electrons. The third kappa shape index (κ3) is 2.04. The van der Waals surface area contributed by atoms with Crippen LogP contribution in [0.1, 0.15) is 10.4 Å². The second kappa shape index (κ2) is 4.70. The van der Waals surface area contributed by atoms with Crippen LogP contribution >= 0.6 is 11.6 Å². The van der Waals surface area contributed by atoms with Gasteiger partial charge in [0.05, 0.1) is 24.0 Å². The quantitative estimate of drug-likeness (QED) is 0.927. The molecule has 1 aromatic heterocycles. The van der Waals surface area contributed by atoms with Crippen LogP contribution in [0.5, 0.6) is 5.75 Å². The largest absolute Gasteiger partial charge is 0.497 e. The normalized spacial score (nSPS) is 10.4. The highest BCUT2D eigenvalue weighted by atomic mass is 35.5. The molecule has 0 atom stereocenters. The maximum atomic E-state index is 11.1. The van der Waals surface area contributed by atoms with Gasteiger partial charge in [-0.3, -0.25) is 4.68 Å². The van der Waals surface area contributed by atoms with Crippen molar-refractivity contribution in [3.05, 3.63) is 35.0 Å². The third-order valence-electron chi connectivity index (χ3n) is 2.60. The van der Waals surface area contributed by atoms with Gasteiger partial charge in [-0.2, -0.15) is 5.10 Å². The fourth-order valence-corrected chi connectivity index (χ4v) is 1.99. The summed E-state index contributed by atoms with van der Waals surface area (Å²) in [4.78, 5) is 11.1. The number of rotatable bonds is 3. The molecule has 5 nitrogen and oxygen atoms in total. The van der Waals surface area contributed by atoms with Gasteiger partial charge in [0.1, 0.15) is 11.3 Å². The van der Waals surface area contributed by atoms with Crippen molar-refractivity contribution >= 4 is 17.6 Å². The van der Waals surface area contributed by atoms with E-state index in [0.29, 0.717) is 22.0 Å². The summed E-state index contributed by atoms with van der Waals surface area (Å²) in [6.45, 7) is 0. The second-order valence-electron chi connectivity index (χ2n) is 3.68. The van der Waals surface area contributed by atoms with Crippen molar-refractivity contribution in [2.45, 2.75) is 0 Å². The van der Waals surface area contributed by atoms with E-state index in [1.165, 1.54) is 18.0 Å². The number of hydrogen-bond donors (Lipinski definition) is 1. The lowest BCUT2D eigenvalue weighted by atomic mass is 10.1. The minimum atomic E-state index is -1.04. The number of halogens is 1. The van der Waals surface area contributed by atoms with Gasteiger partial charge in [0.2, 0.25) is 0 Å². The zero-order valence-electron chi connectivity index (χ0n) is 9.85. The molecule has 0 radical (unpaired) electrons. The van der Waals surface area contributed by atoms with Crippen LogP contribution in [0.3, 0.4) is 0 Å². The van der Waals surface area contributed by atoms with E-state index in [4.69, 9.17) is 21.4 Å². The van der Waals surface area contributed by atoms with Crippen molar-refractivity contribution in [2.24, 2.45) is 7.05 Å². The smallest absolute Gasteiger partial charge is 0.339 e. The molecule has 0 spiro atoms. The van der Waals surface area contributed by atoms with E-state index in [9.17, 15) is 4.79 Å². The molecule has 6 heteroatoms. The molecular formula is C12H11ClN2O3. The number of carboxylic acids is 1. The fourth-order valence-electron chi connectivity index (χ4n) is 1.73. The number of nitrogens with zero attached hydrogens (tertiary/aromatic N) is 2. The predicted octanol–water partition coefficient (Wildman–Crippen LogP) is 2.45. The number of carboxylic acid groups (broad SMARTS) is 1. The van der Waals surface area contributed by atoms with Gasteiger partial charge in [0.25, 0.3) is 0 Å². The Morgan fingerprint density at radius 1 is 1.50 bits per heavy atom. The Morgan fingerprint density at radius 3 is 2.78 bits per heavy atom. The molecule has 2 rings (SSSR count). The first-order chi connectivity index (χ1) is 8.54. The van der Waals surface area contributed by atoms with Gasteiger partial charge in [-0.15, -0.1) is 0 Å². The molecule has 2 aromatic rings. The van der Waals surface area contributed by atoms with Crippen LogP contribution in [0.15, 0.2) is 24.4 Å². The van der Waals surface area contributed by atoms with Gasteiger partial charge in [0.15, 0.2) is 0 Å². The summed E-state index contributed by atoms with van der Waals surface area (Å²) < 4.78 is 6.54. The molecule has 0 unspecified atom stereocenters. The maximum Gasteiger partial charge on any atom is 0.339 e. The standard InChI is InChI=1S/C12H11ClN2O3/c1-15-11(9(6-14-15)12(16)17)8-4-3-7(18-2)5-10(8)13/h3-6H,1-2H3,(H,16,17). The Kier molecular flexibility index (Phi) is 3.25. The Hall–Kier alpha value is -2.01. The lowest BCUT2D eigenvalue weighted by molar-refractivity contribution is 0.0697. The number of aromatic carboxylic acids is 1. The van der Waals surface area contributed by atoms with Crippen molar-refractivity contribution < 1.29 is 14.6 Å². The summed E-state index contributed by atoms with van der Waals surface area (Å²) in [5.41, 5.74) is 1.19. The maximum absolute atomic E-state index is 11.1. The molecule has 0 amide bonds. The van der Waals surface area contributed by atoms with Gasteiger partial charge < -0.3 is 9.84 Å². The molecule has 0 aliphatic rings. The molecule has 0 saturated heterocycles. The Labute approximate surface area is 109 Å². The zero-order chi connectivity index (χ0) is 13.3. The van der Waals surface area contributed by atoms with Crippen molar-refractivity contribution in [3.8, 4) is 17.0 Å². The molecule has 18 heavy (non-hydrogen) atoms. The van der Waals surface area contributed by atoms with Crippen molar-refractivity contribution in [2.75, 3.05) is 7.11 Å². The molecule has 1 N–H and O–H groups in total. The highest BCUT2D eigenvalue weighted by Gasteiger charge is 2.19.